The molecule has 0 aliphatic heterocycles. The number of hydrogen-bond donors (Lipinski definition) is 0. The summed E-state index contributed by atoms with van der Waals surface area (Å²) in [5.41, 5.74) is 1.39. The van der Waals surface area contributed by atoms with Crippen LogP contribution in [0.2, 0.25) is 0 Å². The van der Waals surface area contributed by atoms with Gasteiger partial charge in [-0.2, -0.15) is 16.2 Å². The highest BCUT2D eigenvalue weighted by Gasteiger charge is 2.42. The van der Waals surface area contributed by atoms with Crippen LogP contribution in [0.5, 0.6) is 0 Å². The van der Waals surface area contributed by atoms with Crippen LogP contribution in [0.25, 0.3) is 0 Å². The molecule has 1 saturated carbocycles. The van der Waals surface area contributed by atoms with Crippen molar-refractivity contribution >= 4 is 11.3 Å². The van der Waals surface area contributed by atoms with Crippen LogP contribution in [-0.4, -0.2) is 6.04 Å². The molecular formula is C9H11NOS. The first kappa shape index (κ1) is 7.92. The van der Waals surface area contributed by atoms with Gasteiger partial charge in [-0.3, -0.25) is 0 Å². The zero-order valence-electron chi connectivity index (χ0n) is 6.93. The second kappa shape index (κ2) is 2.98. The first-order valence-corrected chi connectivity index (χ1v) is 5.11. The summed E-state index contributed by atoms with van der Waals surface area (Å²) in [6.07, 6.45) is 1.14. The predicted molar refractivity (Wildman–Crippen MR) is 50.4 cm³/mol. The lowest BCUT2D eigenvalue weighted by Gasteiger charge is -1.98. The van der Waals surface area contributed by atoms with Gasteiger partial charge in [0.1, 0.15) is 0 Å². The van der Waals surface area contributed by atoms with Gasteiger partial charge in [-0.25, -0.2) is 0 Å². The molecule has 1 aliphatic carbocycles. The normalized spacial score (nSPS) is 29.8. The second-order valence-electron chi connectivity index (χ2n) is 3.41. The van der Waals surface area contributed by atoms with Gasteiger partial charge >= 0.3 is 0 Å². The van der Waals surface area contributed by atoms with Gasteiger partial charge in [0.15, 0.2) is 0 Å². The third-order valence-electron chi connectivity index (χ3n) is 2.60. The third kappa shape index (κ3) is 1.29. The van der Waals surface area contributed by atoms with E-state index in [1.807, 2.05) is 6.92 Å². The maximum atomic E-state index is 10.3. The van der Waals surface area contributed by atoms with Gasteiger partial charge < -0.3 is 0 Å². The quantitative estimate of drug-likeness (QED) is 0.659. The lowest BCUT2D eigenvalue weighted by molar-refractivity contribution is 0.630. The monoisotopic (exact) mass is 181 g/mol. The van der Waals surface area contributed by atoms with Crippen molar-refractivity contribution in [3.63, 3.8) is 0 Å². The van der Waals surface area contributed by atoms with Crippen molar-refractivity contribution < 1.29 is 0 Å². The van der Waals surface area contributed by atoms with Crippen molar-refractivity contribution in [1.82, 2.24) is 0 Å². The molecule has 0 bridgehead atoms. The highest BCUT2D eigenvalue weighted by atomic mass is 32.1. The van der Waals surface area contributed by atoms with E-state index in [2.05, 4.69) is 22.0 Å². The molecule has 2 rings (SSSR count). The van der Waals surface area contributed by atoms with Gasteiger partial charge in [0.2, 0.25) is 0 Å². The van der Waals surface area contributed by atoms with E-state index >= 15 is 0 Å². The lowest BCUT2D eigenvalue weighted by atomic mass is 10.1. The Balaban J connectivity index is 2.00. The van der Waals surface area contributed by atoms with E-state index in [1.54, 1.807) is 11.3 Å². The Morgan fingerprint density at radius 1 is 1.75 bits per heavy atom. The average molecular weight is 181 g/mol. The van der Waals surface area contributed by atoms with Crippen LogP contribution in [-0.2, 0) is 0 Å². The molecule has 0 saturated heterocycles. The van der Waals surface area contributed by atoms with Crippen molar-refractivity contribution in [3.05, 3.63) is 27.3 Å². The Morgan fingerprint density at radius 2 is 2.58 bits per heavy atom. The number of thiophene rings is 1. The molecule has 64 valence electrons. The largest absolute Gasteiger partial charge is 0.152 e. The van der Waals surface area contributed by atoms with Gasteiger partial charge in [0.25, 0.3) is 0 Å². The van der Waals surface area contributed by atoms with Crippen LogP contribution >= 0.6 is 11.3 Å². The Hall–Kier alpha value is -0.700. The first-order valence-electron chi connectivity index (χ1n) is 4.17. The van der Waals surface area contributed by atoms with Crippen LogP contribution < -0.4 is 0 Å². The summed E-state index contributed by atoms with van der Waals surface area (Å²) < 4.78 is 0. The summed E-state index contributed by atoms with van der Waals surface area (Å²) in [5.74, 6) is 1.13. The molecule has 1 heterocycles. The Kier molecular flexibility index (Phi) is 1.97. The Morgan fingerprint density at radius 3 is 3.17 bits per heavy atom. The molecule has 3 heteroatoms. The fourth-order valence-corrected chi connectivity index (χ4v) is 2.42. The lowest BCUT2D eigenvalue weighted by Crippen LogP contribution is -2.00. The summed E-state index contributed by atoms with van der Waals surface area (Å²) in [4.78, 5) is 10.3. The summed E-state index contributed by atoms with van der Waals surface area (Å²) in [7, 11) is 0. The third-order valence-corrected chi connectivity index (χ3v) is 3.30. The van der Waals surface area contributed by atoms with Gasteiger partial charge in [-0.1, -0.05) is 5.18 Å². The fourth-order valence-electron chi connectivity index (χ4n) is 1.70. The minimum Gasteiger partial charge on any atom is -0.152 e. The molecule has 2 nitrogen and oxygen atoms in total. The van der Waals surface area contributed by atoms with Crippen molar-refractivity contribution in [2.45, 2.75) is 25.3 Å². The molecule has 3 atom stereocenters. The molecule has 12 heavy (non-hydrogen) atoms. The highest BCUT2D eigenvalue weighted by molar-refractivity contribution is 7.08. The molecular weight excluding hydrogens is 170 g/mol. The zero-order valence-corrected chi connectivity index (χ0v) is 7.75. The van der Waals surface area contributed by atoms with E-state index in [-0.39, 0.29) is 6.04 Å². The van der Waals surface area contributed by atoms with E-state index in [0.29, 0.717) is 11.8 Å². The number of nitrogens with zero attached hydrogens (tertiary/aromatic N) is 1. The number of nitroso groups, excluding NO2 is 1. The van der Waals surface area contributed by atoms with Crippen LogP contribution in [0.1, 0.15) is 24.8 Å². The Bertz CT molecular complexity index is 270. The smallest absolute Gasteiger partial charge is 0.0925 e. The summed E-state index contributed by atoms with van der Waals surface area (Å²) in [6, 6.07) is 2.14. The zero-order chi connectivity index (χ0) is 8.55. The summed E-state index contributed by atoms with van der Waals surface area (Å²) >= 11 is 1.72. The molecule has 0 aromatic carbocycles. The van der Waals surface area contributed by atoms with Gasteiger partial charge in [0.05, 0.1) is 6.04 Å². The topological polar surface area (TPSA) is 29.4 Å². The highest BCUT2D eigenvalue weighted by Crippen LogP contribution is 2.50. The van der Waals surface area contributed by atoms with Crippen molar-refractivity contribution in [2.24, 2.45) is 11.1 Å². The van der Waals surface area contributed by atoms with Gasteiger partial charge in [0, 0.05) is 0 Å². The molecule has 0 spiro atoms. The van der Waals surface area contributed by atoms with Crippen LogP contribution in [0.3, 0.4) is 0 Å². The number of hydrogen-bond acceptors (Lipinski definition) is 3. The maximum Gasteiger partial charge on any atom is 0.0925 e. The Labute approximate surface area is 75.6 Å². The van der Waals surface area contributed by atoms with Crippen molar-refractivity contribution in [1.29, 1.82) is 0 Å². The van der Waals surface area contributed by atoms with E-state index < -0.39 is 0 Å². The second-order valence-corrected chi connectivity index (χ2v) is 4.19. The standard InChI is InChI=1S/C9H11NOS/c1-6(10-11)8-4-9(8)7-2-3-12-5-7/h2-3,5-6,8-9H,4H2,1H3. The number of rotatable bonds is 3. The minimum absolute atomic E-state index is 0.00472. The van der Waals surface area contributed by atoms with Crippen molar-refractivity contribution in [2.75, 3.05) is 0 Å². The SMILES string of the molecule is CC(N=O)C1CC1c1ccsc1. The first-order chi connectivity index (χ1) is 5.83. The van der Waals surface area contributed by atoms with Crippen LogP contribution in [0.4, 0.5) is 0 Å². The molecule has 1 fully saturated rings. The van der Waals surface area contributed by atoms with E-state index in [4.69, 9.17) is 0 Å². The van der Waals surface area contributed by atoms with Crippen LogP contribution in [0.15, 0.2) is 22.0 Å². The fraction of sp³-hybridized carbons (Fsp3) is 0.556. The molecule has 1 aliphatic rings. The predicted octanol–water partition coefficient (Wildman–Crippen LogP) is 3.01. The minimum atomic E-state index is -0.00472. The molecule has 3 unspecified atom stereocenters. The maximum absolute atomic E-state index is 10.3. The van der Waals surface area contributed by atoms with Gasteiger partial charge in [-0.05, 0) is 47.6 Å². The van der Waals surface area contributed by atoms with Crippen LogP contribution in [0, 0.1) is 10.8 Å². The molecule has 0 radical (unpaired) electrons. The van der Waals surface area contributed by atoms with Crippen molar-refractivity contribution in [3.8, 4) is 0 Å². The molecule has 1 aromatic rings. The molecule has 0 N–H and O–H groups in total. The van der Waals surface area contributed by atoms with Gasteiger partial charge in [-0.15, -0.1) is 0 Å². The van der Waals surface area contributed by atoms with E-state index in [9.17, 15) is 4.91 Å². The average Bonchev–Trinajstić information content (AvgIpc) is 2.71. The molecule has 1 aromatic heterocycles. The van der Waals surface area contributed by atoms with E-state index in [0.717, 1.165) is 6.42 Å². The molecule has 0 amide bonds. The summed E-state index contributed by atoms with van der Waals surface area (Å²) in [5, 5.41) is 7.32. The summed E-state index contributed by atoms with van der Waals surface area (Å²) in [6.45, 7) is 1.91. The van der Waals surface area contributed by atoms with E-state index in [1.165, 1.54) is 5.56 Å².